The van der Waals surface area contributed by atoms with Crippen LogP contribution in [0.4, 0.5) is 0 Å². The number of halogens is 1. The summed E-state index contributed by atoms with van der Waals surface area (Å²) in [5, 5.41) is 47.1. The summed E-state index contributed by atoms with van der Waals surface area (Å²) in [6, 6.07) is 58.7. The summed E-state index contributed by atoms with van der Waals surface area (Å²) >= 11 is 5.92. The van der Waals surface area contributed by atoms with Crippen LogP contribution in [-0.4, -0.2) is 176 Å². The number of aromatic amines is 3. The highest BCUT2D eigenvalue weighted by molar-refractivity contribution is 6.30. The minimum Gasteiger partial charge on any atom is -0.394 e. The van der Waals surface area contributed by atoms with E-state index in [1.165, 1.54) is 41.9 Å². The molecule has 4 amide bonds. The van der Waals surface area contributed by atoms with Gasteiger partial charge in [-0.15, -0.1) is 10.2 Å². The van der Waals surface area contributed by atoms with Crippen LogP contribution in [0.2, 0.25) is 5.02 Å². The molecule has 35 heteroatoms. The second-order valence-corrected chi connectivity index (χ2v) is 34.4. The van der Waals surface area contributed by atoms with Crippen molar-refractivity contribution in [2.24, 2.45) is 0 Å². The highest BCUT2D eigenvalue weighted by atomic mass is 35.5. The highest BCUT2D eigenvalue weighted by Crippen LogP contribution is 2.38. The van der Waals surface area contributed by atoms with E-state index < -0.39 is 47.2 Å². The Balaban J connectivity index is 0.000000146. The molecule has 7 N–H and O–H groups in total. The fourth-order valence-electron chi connectivity index (χ4n) is 16.0. The summed E-state index contributed by atoms with van der Waals surface area (Å²) < 4.78 is 19.1. The van der Waals surface area contributed by atoms with Gasteiger partial charge in [0.1, 0.15) is 41.8 Å². The number of nitrogens with one attached hydrogen (secondary N) is 5. The molecule has 2 fully saturated rings. The van der Waals surface area contributed by atoms with Crippen LogP contribution in [0.25, 0.3) is 55.3 Å². The minimum atomic E-state index is -0.631. The second-order valence-electron chi connectivity index (χ2n) is 33.9. The van der Waals surface area contributed by atoms with Crippen LogP contribution in [0, 0.1) is 20.8 Å². The van der Waals surface area contributed by atoms with Gasteiger partial charge in [0, 0.05) is 134 Å². The van der Waals surface area contributed by atoms with Gasteiger partial charge < -0.3 is 44.7 Å². The molecular weight excluding hydrogens is 1780 g/mol. The number of aryl methyl sites for hydroxylation is 4. The Hall–Kier alpha value is -15.2. The molecule has 0 spiro atoms. The monoisotopic (exact) mass is 1890 g/mol. The molecule has 6 aromatic heterocycles. The van der Waals surface area contributed by atoms with Crippen LogP contribution in [0.15, 0.2) is 284 Å². The van der Waals surface area contributed by atoms with Gasteiger partial charge in [0.05, 0.1) is 69.1 Å². The van der Waals surface area contributed by atoms with Gasteiger partial charge in [0.2, 0.25) is 23.6 Å². The molecule has 13 aromatic rings. The van der Waals surface area contributed by atoms with Gasteiger partial charge in [0.25, 0.3) is 16.7 Å². The normalized spacial score (nSPS) is 16.8. The van der Waals surface area contributed by atoms with E-state index in [2.05, 4.69) is 81.5 Å². The number of carbonyl (C=O) groups excluding carboxylic acids is 7. The van der Waals surface area contributed by atoms with Gasteiger partial charge in [-0.25, -0.2) is 23.7 Å². The summed E-state index contributed by atoms with van der Waals surface area (Å²) in [6.45, 7) is 10.4. The van der Waals surface area contributed by atoms with Crippen molar-refractivity contribution >= 4 is 74.1 Å². The van der Waals surface area contributed by atoms with Gasteiger partial charge in [0.15, 0.2) is 11.6 Å². The van der Waals surface area contributed by atoms with Crippen LogP contribution < -0.4 is 44.4 Å². The minimum absolute atomic E-state index is 0.000618. The number of ketones is 3. The molecular formula is C103H108ClN17O17. The number of aliphatic hydroxyl groups is 2. The molecule has 3 unspecified atom stereocenters. The van der Waals surface area contributed by atoms with Crippen LogP contribution >= 0.6 is 11.6 Å². The van der Waals surface area contributed by atoms with Crippen molar-refractivity contribution in [3.63, 3.8) is 0 Å². The molecule has 0 bridgehead atoms. The number of amides is 4. The zero-order valence-corrected chi connectivity index (χ0v) is 77.7. The van der Waals surface area contributed by atoms with Crippen molar-refractivity contribution in [3.8, 4) is 33.8 Å². The van der Waals surface area contributed by atoms with E-state index in [-0.39, 0.29) is 90.4 Å². The number of aliphatic hydroxyl groups excluding tert-OH is 2. The predicted octanol–water partition coefficient (Wildman–Crippen LogP) is 10.9. The van der Waals surface area contributed by atoms with Crippen LogP contribution in [0.3, 0.4) is 0 Å². The number of aromatic nitrogens is 13. The zero-order valence-electron chi connectivity index (χ0n) is 77.0. The molecule has 714 valence electrons. The van der Waals surface area contributed by atoms with E-state index in [0.717, 1.165) is 76.1 Å². The first-order chi connectivity index (χ1) is 66.6. The average Bonchev–Trinajstić information content (AvgIpc) is 1.64. The van der Waals surface area contributed by atoms with E-state index >= 15 is 0 Å². The lowest BCUT2D eigenvalue weighted by Gasteiger charge is -2.23. The summed E-state index contributed by atoms with van der Waals surface area (Å²) in [6.07, 6.45) is 20.5. The Morgan fingerprint density at radius 3 is 1.51 bits per heavy atom. The number of hydrogen-bond donors (Lipinski definition) is 7. The largest absolute Gasteiger partial charge is 0.394 e. The van der Waals surface area contributed by atoms with Crippen molar-refractivity contribution in [2.45, 2.75) is 161 Å². The lowest BCUT2D eigenvalue weighted by molar-refractivity contribution is -0.135. The Bertz CT molecular complexity index is 7000. The first-order valence-corrected chi connectivity index (χ1v) is 45.8. The molecule has 2 saturated heterocycles. The molecule has 17 rings (SSSR count). The molecule has 34 nitrogen and oxygen atoms in total. The van der Waals surface area contributed by atoms with Crippen molar-refractivity contribution in [1.82, 2.24) is 84.1 Å². The molecule has 0 radical (unpaired) electrons. The fraction of sp³-hybridized carbons (Fsp3) is 0.301. The Labute approximate surface area is 797 Å². The second kappa shape index (κ2) is 48.3. The number of fused-ring (bicyclic) bond motifs is 2. The number of ether oxygens (including phenoxy) is 2. The van der Waals surface area contributed by atoms with Crippen LogP contribution in [-0.2, 0) is 68.8 Å². The maximum absolute atomic E-state index is 12.2. The van der Waals surface area contributed by atoms with E-state index in [4.69, 9.17) is 21.1 Å². The van der Waals surface area contributed by atoms with Gasteiger partial charge in [-0.3, -0.25) is 77.0 Å². The number of allylic oxidation sites excluding steroid dienone is 2. The van der Waals surface area contributed by atoms with Gasteiger partial charge in [-0.2, -0.15) is 0 Å². The molecule has 7 aromatic carbocycles. The zero-order chi connectivity index (χ0) is 97.9. The Morgan fingerprint density at radius 1 is 0.464 bits per heavy atom. The number of H-pyrrole nitrogens is 3. The highest BCUT2D eigenvalue weighted by Gasteiger charge is 2.40. The smallest absolute Gasteiger partial charge is 0.330 e. The summed E-state index contributed by atoms with van der Waals surface area (Å²) in [5.74, 6) is -0.389. The SMILES string of the molecule is CC1=CN(C/C=C\CNC(=O)Cc2ccc3ccccc3c2)C(=O)CC1=O.CC1=CN(CCCCNC(=O)Cc2ccc3ccccc3c2)C(=O)CC1=O.Cc1cn(C2CC(n3cc(-c4ccccn4)nn3)[C@@H](CO)O2)c(=O)[nH]c1=O.Cc1cn(C2C[C@H](n3cc(-c4ccc(Cl)cc4)nn3)[C@@H](CO)O2)c(=O)[nH]c1=O.Cc1cn(CCCCCC(=O)Cc2ccc(-c3ccccc3)cc2)c(=O)[nH]c1=O. The van der Waals surface area contributed by atoms with E-state index in [1.54, 1.807) is 98.2 Å². The van der Waals surface area contributed by atoms with Crippen molar-refractivity contribution in [3.05, 3.63) is 356 Å². The number of carbonyl (C=O) groups is 7. The fourth-order valence-corrected chi connectivity index (χ4v) is 16.1. The summed E-state index contributed by atoms with van der Waals surface area (Å²) in [4.78, 5) is 168. The van der Waals surface area contributed by atoms with Crippen molar-refractivity contribution in [2.75, 3.05) is 39.4 Å². The standard InChI is InChI=1S/C24H26N2O3.C22H24N2O3.C22H22N2O3.C18H18ClN5O4.C17H18N6O4/c1-18-17-26(24(29)25-23(18)28)15-7-3-6-10-22(27)16-19-11-13-21(14-12-19)20-8-4-2-5-9-20;2*1-16-15-24(22(27)14-20(16)25)11-5-4-10-23-21(26)13-17-8-9-18-6-2-3-7-19(18)12-17;1-10-7-23(18(27)20-17(10)26)16-6-14(15(9-25)28-16)24-8-13(21-22-24)11-2-4-12(19)5-3-11;1-10-7-22(17(26)19-16(10)25)15-6-13(14(9-24)27-15)23-8-12(20-21-23)11-4-2-3-5-18-11/h2,4-5,8-9,11-14,17H,3,6-7,10,15-16H2,1H3,(H,25,28,29);2-3,6-9,12,15H,4-5,10-11,13-14H2,1H3,(H,23,26);2-9,12,15H,10-11,13-14H2,1H3,(H,23,26);2-5,7-8,14-16,25H,6,9H2,1H3,(H,20,26,27);2-5,7-8,13-15,24H,6,9H2,1H3,(H,19,25,26)/b;;5-4-;;/t;;;14-,15+,16?;13?,14-,15?/m...01/s1. The Morgan fingerprint density at radius 2 is 0.949 bits per heavy atom. The molecule has 4 aliphatic rings. The summed E-state index contributed by atoms with van der Waals surface area (Å²) in [5.41, 5.74) is 7.98. The third-order valence-electron chi connectivity index (χ3n) is 23.7. The number of hydrogen-bond acceptors (Lipinski definition) is 22. The Kier molecular flexibility index (Phi) is 35.1. The van der Waals surface area contributed by atoms with E-state index in [9.17, 15) is 72.5 Å². The maximum Gasteiger partial charge on any atom is 0.330 e. The maximum atomic E-state index is 12.2. The number of pyridine rings is 1. The third kappa shape index (κ3) is 27.5. The third-order valence-corrected chi connectivity index (χ3v) is 23.9. The lowest BCUT2D eigenvalue weighted by Crippen LogP contribution is -2.34. The van der Waals surface area contributed by atoms with Crippen LogP contribution in [0.1, 0.15) is 136 Å². The topological polar surface area (TPSA) is 448 Å². The number of Topliss-reactive ketones (excluding diaryl/α,β-unsaturated/α-hetero) is 3. The molecule has 0 saturated carbocycles. The number of benzene rings is 7. The predicted molar refractivity (Wildman–Crippen MR) is 520 cm³/mol. The van der Waals surface area contributed by atoms with Crippen molar-refractivity contribution in [1.29, 1.82) is 0 Å². The van der Waals surface area contributed by atoms with Gasteiger partial charge >= 0.3 is 17.1 Å². The molecule has 138 heavy (non-hydrogen) atoms. The van der Waals surface area contributed by atoms with Crippen LogP contribution in [0.5, 0.6) is 0 Å². The number of rotatable bonds is 30. The first kappa shape index (κ1) is 100. The number of nitrogens with zero attached hydrogens (tertiary/aromatic N) is 12. The average molecular weight is 1890 g/mol. The van der Waals surface area contributed by atoms with Gasteiger partial charge in [-0.1, -0.05) is 198 Å². The molecule has 4 aliphatic heterocycles. The molecule has 0 aliphatic carbocycles. The van der Waals surface area contributed by atoms with Crippen molar-refractivity contribution < 1.29 is 53.2 Å². The first-order valence-electron chi connectivity index (χ1n) is 45.4. The quantitative estimate of drug-likeness (QED) is 0.0125. The van der Waals surface area contributed by atoms with E-state index in [0.29, 0.717) is 121 Å². The van der Waals surface area contributed by atoms with Gasteiger partial charge in [-0.05, 0) is 134 Å². The molecule has 10 heterocycles. The van der Waals surface area contributed by atoms with E-state index in [1.807, 2.05) is 152 Å². The summed E-state index contributed by atoms with van der Waals surface area (Å²) in [7, 11) is 0. The molecule has 6 atom stereocenters. The number of unbranched alkanes of at least 4 members (excludes halogenated alkanes) is 3. The lowest BCUT2D eigenvalue weighted by atomic mass is 10.0.